The fourth-order valence-electron chi connectivity index (χ4n) is 4.31. The van der Waals surface area contributed by atoms with Crippen molar-refractivity contribution in [3.05, 3.63) is 102 Å². The third-order valence-electron chi connectivity index (χ3n) is 5.75. The fourth-order valence-corrected chi connectivity index (χ4v) is 4.31. The summed E-state index contributed by atoms with van der Waals surface area (Å²) in [5, 5.41) is 5.73. The van der Waals surface area contributed by atoms with Crippen molar-refractivity contribution in [3.63, 3.8) is 0 Å². The van der Waals surface area contributed by atoms with Crippen molar-refractivity contribution in [1.29, 1.82) is 0 Å². The summed E-state index contributed by atoms with van der Waals surface area (Å²) in [4.78, 5) is 0. The van der Waals surface area contributed by atoms with Crippen molar-refractivity contribution in [3.8, 4) is 0 Å². The molecule has 0 aliphatic heterocycles. The van der Waals surface area contributed by atoms with Gasteiger partial charge in [-0.25, -0.2) is 0 Å². The van der Waals surface area contributed by atoms with Gasteiger partial charge in [-0.3, -0.25) is 0 Å². The van der Waals surface area contributed by atoms with Crippen LogP contribution in [0.15, 0.2) is 83.8 Å². The highest BCUT2D eigenvalue weighted by molar-refractivity contribution is 6.09. The average molecular weight is 377 g/mol. The maximum atomic E-state index is 6.13. The molecule has 29 heavy (non-hydrogen) atoms. The summed E-state index contributed by atoms with van der Waals surface area (Å²) in [7, 11) is 1.98. The molecule has 0 bridgehead atoms. The molecule has 0 radical (unpaired) electrons. The first kappa shape index (κ1) is 17.6. The number of furan rings is 1. The average Bonchev–Trinajstić information content (AvgIpc) is 3.04. The molecule has 2 heteroatoms. The molecule has 0 atom stereocenters. The van der Waals surface area contributed by atoms with Crippen LogP contribution in [0.4, 0.5) is 5.69 Å². The summed E-state index contributed by atoms with van der Waals surface area (Å²) in [6.07, 6.45) is 7.23. The van der Waals surface area contributed by atoms with Gasteiger partial charge in [0.2, 0.25) is 0 Å². The summed E-state index contributed by atoms with van der Waals surface area (Å²) >= 11 is 0. The second-order valence-electron chi connectivity index (χ2n) is 7.62. The molecule has 0 saturated heterocycles. The molecule has 0 unspecified atom stereocenters. The molecule has 0 amide bonds. The summed E-state index contributed by atoms with van der Waals surface area (Å²) in [6, 6.07) is 19.1. The van der Waals surface area contributed by atoms with Gasteiger partial charge in [0.25, 0.3) is 0 Å². The molecule has 0 spiro atoms. The molecule has 1 aliphatic rings. The van der Waals surface area contributed by atoms with Crippen LogP contribution < -0.4 is 5.32 Å². The standard InChI is InChI=1S/C27H23NO/c1-17-11-12-20-19(8-6-7-18(2)22(20)15-17)16-23-24(28-3)13-14-26-27(23)21-9-4-5-10-25(21)29-26/h4-15,28H,2,16H2,1,3H3. The normalized spacial score (nSPS) is 13.4. The molecule has 1 aromatic heterocycles. The number of aryl methyl sites for hydroxylation is 1. The van der Waals surface area contributed by atoms with Crippen LogP contribution in [0.5, 0.6) is 0 Å². The first-order chi connectivity index (χ1) is 14.2. The van der Waals surface area contributed by atoms with E-state index in [4.69, 9.17) is 4.42 Å². The highest BCUT2D eigenvalue weighted by Crippen LogP contribution is 2.39. The number of rotatable bonds is 3. The number of allylic oxidation sites excluding steroid dienone is 5. The number of fused-ring (bicyclic) bond motifs is 4. The summed E-state index contributed by atoms with van der Waals surface area (Å²) in [6.45, 7) is 6.39. The van der Waals surface area contributed by atoms with E-state index >= 15 is 0 Å². The zero-order valence-electron chi connectivity index (χ0n) is 16.8. The van der Waals surface area contributed by atoms with Crippen molar-refractivity contribution in [2.24, 2.45) is 0 Å². The predicted octanol–water partition coefficient (Wildman–Crippen LogP) is 7.15. The van der Waals surface area contributed by atoms with Crippen molar-refractivity contribution >= 4 is 38.8 Å². The Kier molecular flexibility index (Phi) is 4.13. The quantitative estimate of drug-likeness (QED) is 0.410. The maximum Gasteiger partial charge on any atom is 0.135 e. The summed E-state index contributed by atoms with van der Waals surface area (Å²) in [5.41, 5.74) is 10.3. The molecule has 3 aromatic carbocycles. The number of para-hydroxylation sites is 1. The number of benzene rings is 3. The minimum atomic E-state index is 0.810. The van der Waals surface area contributed by atoms with E-state index in [1.54, 1.807) is 0 Å². The predicted molar refractivity (Wildman–Crippen MR) is 124 cm³/mol. The van der Waals surface area contributed by atoms with Crippen molar-refractivity contribution in [2.45, 2.75) is 13.3 Å². The van der Waals surface area contributed by atoms with E-state index in [1.165, 1.54) is 33.2 Å². The summed E-state index contributed by atoms with van der Waals surface area (Å²) in [5.74, 6) is 0. The monoisotopic (exact) mass is 377 g/mol. The summed E-state index contributed by atoms with van der Waals surface area (Å²) < 4.78 is 6.13. The van der Waals surface area contributed by atoms with Crippen LogP contribution in [0.25, 0.3) is 33.1 Å². The lowest BCUT2D eigenvalue weighted by Gasteiger charge is -2.16. The Morgan fingerprint density at radius 3 is 2.69 bits per heavy atom. The van der Waals surface area contributed by atoms with Gasteiger partial charge in [-0.2, -0.15) is 0 Å². The molecule has 5 rings (SSSR count). The zero-order chi connectivity index (χ0) is 20.0. The Balaban J connectivity index is 1.73. The van der Waals surface area contributed by atoms with Crippen LogP contribution in [0, 0.1) is 6.92 Å². The van der Waals surface area contributed by atoms with Crippen LogP contribution in [0.3, 0.4) is 0 Å². The highest BCUT2D eigenvalue weighted by atomic mass is 16.3. The van der Waals surface area contributed by atoms with Crippen molar-refractivity contribution < 1.29 is 4.42 Å². The number of hydrogen-bond acceptors (Lipinski definition) is 2. The molecule has 4 aromatic rings. The van der Waals surface area contributed by atoms with E-state index in [0.717, 1.165) is 34.2 Å². The van der Waals surface area contributed by atoms with Crippen LogP contribution in [0.2, 0.25) is 0 Å². The van der Waals surface area contributed by atoms with E-state index in [1.807, 2.05) is 19.2 Å². The van der Waals surface area contributed by atoms with Crippen LogP contribution >= 0.6 is 0 Å². The van der Waals surface area contributed by atoms with Gasteiger partial charge in [0.1, 0.15) is 11.2 Å². The largest absolute Gasteiger partial charge is 0.456 e. The SMILES string of the molecule is C=C1C=CC=C(Cc2c(NC)ccc3oc4ccccc4c23)c2ccc(C)cc21. The molecular formula is C27H23NO. The van der Waals surface area contributed by atoms with Gasteiger partial charge in [0, 0.05) is 29.9 Å². The van der Waals surface area contributed by atoms with Crippen LogP contribution in [-0.4, -0.2) is 7.05 Å². The Labute approximate surface area is 170 Å². The fraction of sp³-hybridized carbons (Fsp3) is 0.111. The number of nitrogens with one attached hydrogen (secondary N) is 1. The molecule has 0 saturated carbocycles. The van der Waals surface area contributed by atoms with Gasteiger partial charge >= 0.3 is 0 Å². The smallest absolute Gasteiger partial charge is 0.135 e. The second-order valence-corrected chi connectivity index (χ2v) is 7.62. The third kappa shape index (κ3) is 2.89. The molecule has 142 valence electrons. The van der Waals surface area contributed by atoms with Crippen molar-refractivity contribution in [2.75, 3.05) is 12.4 Å². The van der Waals surface area contributed by atoms with Gasteiger partial charge in [0.05, 0.1) is 0 Å². The maximum absolute atomic E-state index is 6.13. The molecule has 1 heterocycles. The Hall–Kier alpha value is -3.52. The first-order valence-electron chi connectivity index (χ1n) is 9.94. The molecule has 2 nitrogen and oxygen atoms in total. The van der Waals surface area contributed by atoms with E-state index in [9.17, 15) is 0 Å². The van der Waals surface area contributed by atoms with E-state index in [2.05, 4.69) is 79.5 Å². The lowest BCUT2D eigenvalue weighted by molar-refractivity contribution is 0.669. The zero-order valence-corrected chi connectivity index (χ0v) is 16.8. The van der Waals surface area contributed by atoms with Crippen molar-refractivity contribution in [1.82, 2.24) is 0 Å². The lowest BCUT2D eigenvalue weighted by Crippen LogP contribution is -2.00. The van der Waals surface area contributed by atoms with E-state index < -0.39 is 0 Å². The van der Waals surface area contributed by atoms with Gasteiger partial charge in [-0.15, -0.1) is 0 Å². The van der Waals surface area contributed by atoms with Gasteiger partial charge in [0.15, 0.2) is 0 Å². The third-order valence-corrected chi connectivity index (χ3v) is 5.75. The topological polar surface area (TPSA) is 25.2 Å². The molecule has 1 N–H and O–H groups in total. The Morgan fingerprint density at radius 1 is 0.966 bits per heavy atom. The molecular weight excluding hydrogens is 354 g/mol. The molecule has 0 fully saturated rings. The minimum Gasteiger partial charge on any atom is -0.456 e. The van der Waals surface area contributed by atoms with Gasteiger partial charge < -0.3 is 9.73 Å². The van der Waals surface area contributed by atoms with Gasteiger partial charge in [-0.1, -0.05) is 66.8 Å². The van der Waals surface area contributed by atoms with Crippen LogP contribution in [0.1, 0.15) is 22.3 Å². The Morgan fingerprint density at radius 2 is 1.83 bits per heavy atom. The number of anilines is 1. The number of hydrogen-bond donors (Lipinski definition) is 1. The van der Waals surface area contributed by atoms with E-state index in [-0.39, 0.29) is 0 Å². The first-order valence-corrected chi connectivity index (χ1v) is 9.94. The lowest BCUT2D eigenvalue weighted by atomic mass is 9.89. The van der Waals surface area contributed by atoms with Crippen LogP contribution in [-0.2, 0) is 6.42 Å². The van der Waals surface area contributed by atoms with Gasteiger partial charge in [-0.05, 0) is 53.0 Å². The second kappa shape index (κ2) is 6.82. The highest BCUT2D eigenvalue weighted by Gasteiger charge is 2.18. The minimum absolute atomic E-state index is 0.810. The Bertz CT molecular complexity index is 1330. The molecule has 1 aliphatic carbocycles. The van der Waals surface area contributed by atoms with E-state index in [0.29, 0.717) is 0 Å².